The molecule has 0 aliphatic carbocycles. The molecule has 0 amide bonds. The highest BCUT2D eigenvalue weighted by atomic mass is 32.2. The summed E-state index contributed by atoms with van der Waals surface area (Å²) in [6.45, 7) is 0. The van der Waals surface area contributed by atoms with Crippen LogP contribution in [0.2, 0.25) is 0 Å². The smallest absolute Gasteiger partial charge is 0.167 e. The van der Waals surface area contributed by atoms with E-state index in [1.165, 1.54) is 37.5 Å². The van der Waals surface area contributed by atoms with E-state index in [2.05, 4.69) is 0 Å². The molecule has 0 N–H and O–H groups in total. The van der Waals surface area contributed by atoms with Crippen molar-refractivity contribution in [2.45, 2.75) is 42.6 Å². The summed E-state index contributed by atoms with van der Waals surface area (Å²) in [7, 11) is 0. The Hall–Kier alpha value is -1.34. The Labute approximate surface area is 122 Å². The molecule has 0 spiro atoms. The second-order valence-corrected chi connectivity index (χ2v) is 7.25. The van der Waals surface area contributed by atoms with Crippen LogP contribution in [0.1, 0.15) is 48.0 Å². The number of hydrogen-bond acceptors (Lipinski definition) is 3. The molecule has 2 fully saturated rings. The van der Waals surface area contributed by atoms with Crippen LogP contribution < -0.4 is 0 Å². The van der Waals surface area contributed by atoms with Crippen molar-refractivity contribution in [2.75, 3.05) is 0 Å². The fraction of sp³-hybridized carbons (Fsp3) is 0.500. The summed E-state index contributed by atoms with van der Waals surface area (Å²) in [5.41, 5.74) is 0.558. The molecule has 2 saturated heterocycles. The van der Waals surface area contributed by atoms with Crippen molar-refractivity contribution in [3.63, 3.8) is 0 Å². The zero-order valence-corrected chi connectivity index (χ0v) is 12.0. The van der Waals surface area contributed by atoms with Crippen molar-refractivity contribution in [1.82, 2.24) is 0 Å². The van der Waals surface area contributed by atoms with E-state index >= 15 is 0 Å². The summed E-state index contributed by atoms with van der Waals surface area (Å²) in [4.78, 5) is 12.6. The minimum absolute atomic E-state index is 0.0413. The molecule has 2 nitrogen and oxygen atoms in total. The Morgan fingerprint density at radius 1 is 1.30 bits per heavy atom. The van der Waals surface area contributed by atoms with Gasteiger partial charge in [-0.25, -0.2) is 4.39 Å². The third-order valence-electron chi connectivity index (χ3n) is 4.27. The Morgan fingerprint density at radius 2 is 2.00 bits per heavy atom. The summed E-state index contributed by atoms with van der Waals surface area (Å²) < 4.78 is 13.4. The number of hydrogen-bond donors (Lipinski definition) is 0. The van der Waals surface area contributed by atoms with Crippen molar-refractivity contribution in [1.29, 1.82) is 5.26 Å². The number of rotatable bonds is 2. The van der Waals surface area contributed by atoms with E-state index in [9.17, 15) is 9.18 Å². The number of fused-ring (bicyclic) bond motifs is 2. The van der Waals surface area contributed by atoms with E-state index in [0.29, 0.717) is 16.1 Å². The normalized spacial score (nSPS) is 28.7. The first-order chi connectivity index (χ1) is 9.67. The number of carbonyl (C=O) groups excluding carboxylic acids is 1. The monoisotopic (exact) mass is 289 g/mol. The first-order valence-corrected chi connectivity index (χ1v) is 8.01. The number of nitrogens with zero attached hydrogens (tertiary/aromatic N) is 1. The summed E-state index contributed by atoms with van der Waals surface area (Å²) >= 11 is 2.01. The highest BCUT2D eigenvalue weighted by Gasteiger charge is 2.36. The van der Waals surface area contributed by atoms with E-state index in [4.69, 9.17) is 5.26 Å². The summed E-state index contributed by atoms with van der Waals surface area (Å²) in [6.07, 6.45) is 5.37. The van der Waals surface area contributed by atoms with Crippen LogP contribution in [0.3, 0.4) is 0 Å². The molecule has 3 rings (SSSR count). The molecule has 1 aromatic carbocycles. The van der Waals surface area contributed by atoms with Gasteiger partial charge in [-0.1, -0.05) is 6.42 Å². The van der Waals surface area contributed by atoms with Gasteiger partial charge in [0.25, 0.3) is 0 Å². The molecule has 0 aromatic heterocycles. The third-order valence-corrected chi connectivity index (χ3v) is 5.90. The quantitative estimate of drug-likeness (QED) is 0.774. The van der Waals surface area contributed by atoms with Gasteiger partial charge in [0, 0.05) is 22.0 Å². The Morgan fingerprint density at radius 3 is 2.65 bits per heavy atom. The Kier molecular flexibility index (Phi) is 3.80. The molecule has 1 aromatic rings. The molecule has 0 saturated carbocycles. The highest BCUT2D eigenvalue weighted by molar-refractivity contribution is 8.00. The molecular formula is C16H16FNOS. The topological polar surface area (TPSA) is 40.9 Å². The molecule has 104 valence electrons. The SMILES string of the molecule is N#Cc1ccc(F)cc1C(=O)C1CC2CCCC(C1)S2. The molecule has 20 heavy (non-hydrogen) atoms. The lowest BCUT2D eigenvalue weighted by Crippen LogP contribution is -2.33. The van der Waals surface area contributed by atoms with Crippen molar-refractivity contribution in [2.24, 2.45) is 5.92 Å². The van der Waals surface area contributed by atoms with Crippen LogP contribution in [-0.4, -0.2) is 16.3 Å². The third kappa shape index (κ3) is 2.60. The molecule has 2 heterocycles. The maximum absolute atomic E-state index is 13.4. The highest BCUT2D eigenvalue weighted by Crippen LogP contribution is 2.44. The van der Waals surface area contributed by atoms with Gasteiger partial charge in [-0.2, -0.15) is 17.0 Å². The van der Waals surface area contributed by atoms with Crippen LogP contribution in [0.25, 0.3) is 0 Å². The maximum atomic E-state index is 13.4. The average molecular weight is 289 g/mol. The number of Topliss-reactive ketones (excluding diaryl/α,β-unsaturated/α-hetero) is 1. The fourth-order valence-electron chi connectivity index (χ4n) is 3.31. The lowest BCUT2D eigenvalue weighted by Gasteiger charge is -2.38. The van der Waals surface area contributed by atoms with Crippen LogP contribution in [0.5, 0.6) is 0 Å². The predicted molar refractivity (Wildman–Crippen MR) is 77.2 cm³/mol. The van der Waals surface area contributed by atoms with Gasteiger partial charge in [0.15, 0.2) is 5.78 Å². The van der Waals surface area contributed by atoms with Gasteiger partial charge in [0.1, 0.15) is 5.82 Å². The van der Waals surface area contributed by atoms with Gasteiger partial charge in [-0.15, -0.1) is 0 Å². The van der Waals surface area contributed by atoms with E-state index in [1.807, 2.05) is 17.8 Å². The molecular weight excluding hydrogens is 273 g/mol. The summed E-state index contributed by atoms with van der Waals surface area (Å²) in [6, 6.07) is 5.86. The molecule has 2 aliphatic heterocycles. The van der Waals surface area contributed by atoms with E-state index < -0.39 is 5.82 Å². The minimum atomic E-state index is -0.447. The zero-order chi connectivity index (χ0) is 14.1. The van der Waals surface area contributed by atoms with Gasteiger partial charge in [-0.05, 0) is 43.9 Å². The molecule has 2 aliphatic rings. The van der Waals surface area contributed by atoms with Gasteiger partial charge >= 0.3 is 0 Å². The van der Waals surface area contributed by atoms with Crippen LogP contribution >= 0.6 is 11.8 Å². The average Bonchev–Trinajstić information content (AvgIpc) is 2.46. The number of nitriles is 1. The second kappa shape index (κ2) is 5.57. The van der Waals surface area contributed by atoms with E-state index in [0.717, 1.165) is 12.8 Å². The molecule has 0 radical (unpaired) electrons. The van der Waals surface area contributed by atoms with Crippen molar-refractivity contribution in [3.8, 4) is 6.07 Å². The number of halogens is 1. The lowest BCUT2D eigenvalue weighted by atomic mass is 9.83. The minimum Gasteiger partial charge on any atom is -0.294 e. The lowest BCUT2D eigenvalue weighted by molar-refractivity contribution is 0.0896. The van der Waals surface area contributed by atoms with Gasteiger partial charge < -0.3 is 0 Å². The molecule has 2 atom stereocenters. The van der Waals surface area contributed by atoms with Crippen molar-refractivity contribution in [3.05, 3.63) is 35.1 Å². The Balaban J connectivity index is 1.86. The van der Waals surface area contributed by atoms with E-state index in [-0.39, 0.29) is 17.3 Å². The van der Waals surface area contributed by atoms with Gasteiger partial charge in [0.2, 0.25) is 0 Å². The molecule has 2 unspecified atom stereocenters. The first-order valence-electron chi connectivity index (χ1n) is 7.06. The number of carbonyl (C=O) groups is 1. The fourth-order valence-corrected chi connectivity index (χ4v) is 5.15. The Bertz CT molecular complexity index is 568. The van der Waals surface area contributed by atoms with Crippen LogP contribution in [-0.2, 0) is 0 Å². The van der Waals surface area contributed by atoms with Crippen LogP contribution in [0.4, 0.5) is 4.39 Å². The standard InChI is InChI=1S/C16H16FNOS/c17-12-5-4-10(9-18)15(8-12)16(19)11-6-13-2-1-3-14(7-11)20-13/h4-5,8,11,13-14H,1-3,6-7H2. The second-order valence-electron chi connectivity index (χ2n) is 5.65. The first kappa shape index (κ1) is 13.6. The number of benzene rings is 1. The van der Waals surface area contributed by atoms with Gasteiger partial charge in [0.05, 0.1) is 11.6 Å². The van der Waals surface area contributed by atoms with Gasteiger partial charge in [-0.3, -0.25) is 4.79 Å². The van der Waals surface area contributed by atoms with Crippen LogP contribution in [0, 0.1) is 23.1 Å². The van der Waals surface area contributed by atoms with E-state index in [1.54, 1.807) is 0 Å². The van der Waals surface area contributed by atoms with Crippen molar-refractivity contribution < 1.29 is 9.18 Å². The summed E-state index contributed by atoms with van der Waals surface area (Å²) in [5.74, 6) is -0.531. The maximum Gasteiger partial charge on any atom is 0.167 e. The predicted octanol–water partition coefficient (Wildman–Crippen LogP) is 3.94. The number of ketones is 1. The zero-order valence-electron chi connectivity index (χ0n) is 11.1. The largest absolute Gasteiger partial charge is 0.294 e. The number of thioether (sulfide) groups is 1. The van der Waals surface area contributed by atoms with Crippen LogP contribution in [0.15, 0.2) is 18.2 Å². The molecule has 2 bridgehead atoms. The van der Waals surface area contributed by atoms with Crippen molar-refractivity contribution >= 4 is 17.5 Å². The summed E-state index contributed by atoms with van der Waals surface area (Å²) in [5, 5.41) is 10.2. The molecule has 4 heteroatoms.